The van der Waals surface area contributed by atoms with Crippen LogP contribution in [0.25, 0.3) is 0 Å². The van der Waals surface area contributed by atoms with Crippen molar-refractivity contribution in [3.63, 3.8) is 0 Å². The molecule has 0 saturated carbocycles. The molecule has 3 heteroatoms. The number of hydrogen-bond donors (Lipinski definition) is 0. The second kappa shape index (κ2) is 27.2. The predicted molar refractivity (Wildman–Crippen MR) is 123 cm³/mol. The van der Waals surface area contributed by atoms with Crippen LogP contribution in [0.4, 0.5) is 0 Å². The Morgan fingerprint density at radius 3 is 1.04 bits per heavy atom. The Labute approximate surface area is 193 Å². The van der Waals surface area contributed by atoms with Crippen molar-refractivity contribution < 1.29 is 25.9 Å². The van der Waals surface area contributed by atoms with Gasteiger partial charge >= 0.3 is 0 Å². The number of rotatable bonds is 17. The van der Waals surface area contributed by atoms with Gasteiger partial charge in [-0.1, -0.05) is 136 Å². The Kier molecular flexibility index (Phi) is 31.8. The van der Waals surface area contributed by atoms with E-state index in [1.165, 1.54) is 103 Å². The minimum atomic E-state index is -0.0694. The van der Waals surface area contributed by atoms with Crippen LogP contribution in [0.2, 0.25) is 0 Å². The van der Waals surface area contributed by atoms with Crippen LogP contribution in [-0.4, -0.2) is 24.9 Å². The maximum absolute atomic E-state index is 10.9. The zero-order chi connectivity index (χ0) is 20.8. The van der Waals surface area contributed by atoms with Crippen molar-refractivity contribution >= 4 is 5.91 Å². The molecule has 0 radical (unpaired) electrons. The zero-order valence-electron chi connectivity index (χ0n) is 20.0. The largest absolute Gasteiger partial charge is 0.351 e. The van der Waals surface area contributed by atoms with Gasteiger partial charge < -0.3 is 11.8 Å². The second-order valence-corrected chi connectivity index (χ2v) is 8.29. The summed E-state index contributed by atoms with van der Waals surface area (Å²) in [6, 6.07) is 0. The number of carbonyl (C=O) groups excluding carboxylic acids is 1. The van der Waals surface area contributed by atoms with Gasteiger partial charge in [-0.15, -0.1) is 0 Å². The molecule has 174 valence electrons. The fourth-order valence-electron chi connectivity index (χ4n) is 3.16. The van der Waals surface area contributed by atoms with E-state index >= 15 is 0 Å². The number of unbranched alkanes of at least 4 members (excludes halogenated alkanes) is 15. The molecule has 0 aromatic rings. The molecule has 0 saturated heterocycles. The predicted octanol–water partition coefficient (Wildman–Crippen LogP) is 8.20. The van der Waals surface area contributed by atoms with Crippen molar-refractivity contribution in [3.8, 4) is 0 Å². The van der Waals surface area contributed by atoms with E-state index in [-0.39, 0.29) is 32.9 Å². The molecule has 0 aliphatic rings. The van der Waals surface area contributed by atoms with Crippen LogP contribution in [0.1, 0.15) is 130 Å². The molecular weight excluding hydrogens is 525 g/mol. The van der Waals surface area contributed by atoms with E-state index in [0.717, 1.165) is 6.42 Å². The first-order chi connectivity index (χ1) is 13.0. The summed E-state index contributed by atoms with van der Waals surface area (Å²) in [6.45, 7) is 10.2. The van der Waals surface area contributed by atoms with Gasteiger partial charge in [0, 0.05) is 35.2 Å². The fraction of sp³-hybridized carbons (Fsp3) is 0.920. The van der Waals surface area contributed by atoms with Gasteiger partial charge in [-0.05, 0) is 0 Å². The molecule has 2 nitrogen and oxygen atoms in total. The quantitative estimate of drug-likeness (QED) is 0.126. The zero-order valence-corrected chi connectivity index (χ0v) is 22.2. The smallest absolute Gasteiger partial charge is 0.194 e. The van der Waals surface area contributed by atoms with E-state index in [9.17, 15) is 4.79 Å². The van der Waals surface area contributed by atoms with Crippen LogP contribution < -0.4 is 0 Å². The normalized spacial score (nSPS) is 11.2. The minimum Gasteiger partial charge on any atom is -0.351 e. The van der Waals surface area contributed by atoms with E-state index in [0.29, 0.717) is 0 Å². The third-order valence-corrected chi connectivity index (χ3v) is 5.24. The van der Waals surface area contributed by atoms with Crippen LogP contribution in [0.5, 0.6) is 0 Å². The Hall–Kier alpha value is 0.158. The van der Waals surface area contributed by atoms with Gasteiger partial charge in [0.1, 0.15) is 0 Å². The molecule has 0 fully saturated rings. The molecule has 0 heterocycles. The molecule has 0 bridgehead atoms. The first kappa shape index (κ1) is 32.8. The number of amides is 1. The van der Waals surface area contributed by atoms with Crippen LogP contribution in [0.3, 0.4) is 0 Å². The van der Waals surface area contributed by atoms with Gasteiger partial charge in [-0.2, -0.15) is 0 Å². The van der Waals surface area contributed by atoms with Crippen LogP contribution >= 0.6 is 0 Å². The molecule has 28 heavy (non-hydrogen) atoms. The first-order valence-electron chi connectivity index (χ1n) is 12.0. The molecule has 1 atom stereocenters. The van der Waals surface area contributed by atoms with Gasteiger partial charge in [0.05, 0.1) is 0 Å². The van der Waals surface area contributed by atoms with Crippen molar-refractivity contribution in [2.24, 2.45) is 5.92 Å². The molecule has 0 aliphatic carbocycles. The molecule has 0 N–H and O–H groups in total. The van der Waals surface area contributed by atoms with E-state index < -0.39 is 0 Å². The number of carbonyl (C=O) groups is 1. The van der Waals surface area contributed by atoms with Gasteiger partial charge in [-0.3, -0.25) is 4.79 Å². The summed E-state index contributed by atoms with van der Waals surface area (Å²) >= 11 is 0. The van der Waals surface area contributed by atoms with Crippen LogP contribution in [0.15, 0.2) is 0 Å². The van der Waals surface area contributed by atoms with Crippen LogP contribution in [0, 0.1) is 12.8 Å². The summed E-state index contributed by atoms with van der Waals surface area (Å²) in [4.78, 5) is 12.5. The maximum atomic E-state index is 10.9. The molecule has 0 spiro atoms. The standard InChI is InChI=1S/C18H38.C7H14NO.Pt/c1-3-5-7-9-11-13-15-17-18-16-14-12-10-8-6-4-2;1-5-6(2)7(9)8(3)4;/h3-18H2,1-2H3;6H,2,5H2,1,3-4H3;/q;-1;. The Morgan fingerprint density at radius 1 is 0.643 bits per heavy atom. The summed E-state index contributed by atoms with van der Waals surface area (Å²) < 4.78 is 0. The summed E-state index contributed by atoms with van der Waals surface area (Å²) in [6.07, 6.45) is 24.2. The van der Waals surface area contributed by atoms with Gasteiger partial charge in [0.2, 0.25) is 0 Å². The van der Waals surface area contributed by atoms with Crippen molar-refractivity contribution in [1.29, 1.82) is 0 Å². The van der Waals surface area contributed by atoms with Crippen molar-refractivity contribution in [1.82, 2.24) is 4.90 Å². The molecule has 0 rings (SSSR count). The molecule has 0 aromatic heterocycles. The van der Waals surface area contributed by atoms with Gasteiger partial charge in [0.25, 0.3) is 0 Å². The number of hydrogen-bond acceptors (Lipinski definition) is 1. The Balaban J connectivity index is -0.000000530. The van der Waals surface area contributed by atoms with Crippen molar-refractivity contribution in [3.05, 3.63) is 6.92 Å². The van der Waals surface area contributed by atoms with E-state index in [1.807, 2.05) is 6.92 Å². The fourth-order valence-corrected chi connectivity index (χ4v) is 3.16. The summed E-state index contributed by atoms with van der Waals surface area (Å²) in [7, 11) is 3.49. The average Bonchev–Trinajstić information content (AvgIpc) is 2.67. The molecular formula is C25H52NOPt-. The molecule has 0 aliphatic heterocycles. The SMILES string of the molecule is CCCCCCCCCCCCCCCCCC.[CH2-]C(CC)C(=O)N(C)C.[Pt]. The summed E-state index contributed by atoms with van der Waals surface area (Å²) in [5.74, 6) is 0.0394. The summed E-state index contributed by atoms with van der Waals surface area (Å²) in [5, 5.41) is 0. The van der Waals surface area contributed by atoms with Crippen molar-refractivity contribution in [2.45, 2.75) is 130 Å². The molecule has 1 unspecified atom stereocenters. The monoisotopic (exact) mass is 577 g/mol. The average molecular weight is 578 g/mol. The van der Waals surface area contributed by atoms with E-state index in [1.54, 1.807) is 19.0 Å². The maximum Gasteiger partial charge on any atom is 0.194 e. The van der Waals surface area contributed by atoms with Gasteiger partial charge in [0.15, 0.2) is 5.91 Å². The van der Waals surface area contributed by atoms with E-state index in [2.05, 4.69) is 20.8 Å². The Bertz CT molecular complexity index is 278. The van der Waals surface area contributed by atoms with E-state index in [4.69, 9.17) is 0 Å². The van der Waals surface area contributed by atoms with Gasteiger partial charge in [-0.25, -0.2) is 0 Å². The number of nitrogens with zero attached hydrogens (tertiary/aromatic N) is 1. The third kappa shape index (κ3) is 26.2. The second-order valence-electron chi connectivity index (χ2n) is 8.29. The third-order valence-electron chi connectivity index (χ3n) is 5.24. The topological polar surface area (TPSA) is 20.3 Å². The minimum absolute atomic E-state index is 0. The van der Waals surface area contributed by atoms with Crippen molar-refractivity contribution in [2.75, 3.05) is 14.1 Å². The first-order valence-corrected chi connectivity index (χ1v) is 12.0. The summed E-state index contributed by atoms with van der Waals surface area (Å²) in [5.41, 5.74) is 0. The Morgan fingerprint density at radius 2 is 0.893 bits per heavy atom. The molecule has 1 amide bonds. The van der Waals surface area contributed by atoms with Crippen LogP contribution in [-0.2, 0) is 25.9 Å². The molecule has 0 aromatic carbocycles.